The van der Waals surface area contributed by atoms with Gasteiger partial charge in [-0.1, -0.05) is 45.7 Å². The van der Waals surface area contributed by atoms with Crippen molar-refractivity contribution in [3.63, 3.8) is 0 Å². The molecule has 3 rings (SSSR count). The number of carbonyl (C=O) groups is 2. The molecule has 0 spiro atoms. The van der Waals surface area contributed by atoms with E-state index in [-0.39, 0.29) is 28.6 Å². The van der Waals surface area contributed by atoms with Crippen LogP contribution in [-0.2, 0) is 4.74 Å². The number of anilines is 1. The SMILES string of the molecule is CCOC(=O)c1nn(-c2ccccc2C)c(=O)cc1NC(=O)c1cc(Br)ccc1Cl. The van der Waals surface area contributed by atoms with Crippen molar-refractivity contribution in [2.75, 3.05) is 11.9 Å². The molecule has 2 aromatic carbocycles. The van der Waals surface area contributed by atoms with Gasteiger partial charge in [-0.25, -0.2) is 4.79 Å². The molecule has 30 heavy (non-hydrogen) atoms. The van der Waals surface area contributed by atoms with Crippen LogP contribution in [0.3, 0.4) is 0 Å². The second-order valence-electron chi connectivity index (χ2n) is 6.24. The molecule has 0 bridgehead atoms. The Bertz CT molecular complexity index is 1190. The topological polar surface area (TPSA) is 90.3 Å². The van der Waals surface area contributed by atoms with Gasteiger partial charge in [0.25, 0.3) is 11.5 Å². The fourth-order valence-electron chi connectivity index (χ4n) is 2.74. The lowest BCUT2D eigenvalue weighted by atomic mass is 10.2. The van der Waals surface area contributed by atoms with Gasteiger partial charge in [-0.15, -0.1) is 0 Å². The van der Waals surface area contributed by atoms with E-state index in [0.29, 0.717) is 10.2 Å². The van der Waals surface area contributed by atoms with E-state index in [1.807, 2.05) is 19.1 Å². The fourth-order valence-corrected chi connectivity index (χ4v) is 3.30. The zero-order chi connectivity index (χ0) is 21.8. The maximum atomic E-state index is 12.7. The zero-order valence-electron chi connectivity index (χ0n) is 16.1. The first kappa shape index (κ1) is 21.7. The molecule has 0 atom stereocenters. The molecule has 1 heterocycles. The van der Waals surface area contributed by atoms with Gasteiger partial charge >= 0.3 is 5.97 Å². The molecule has 1 amide bonds. The Morgan fingerprint density at radius 2 is 1.93 bits per heavy atom. The predicted octanol–water partition coefficient (Wildman–Crippen LogP) is 4.39. The minimum Gasteiger partial charge on any atom is -0.461 e. The van der Waals surface area contributed by atoms with Gasteiger partial charge in [-0.05, 0) is 43.7 Å². The molecule has 0 aliphatic carbocycles. The number of nitrogens with zero attached hydrogens (tertiary/aromatic N) is 2. The molecule has 0 aliphatic heterocycles. The van der Waals surface area contributed by atoms with Gasteiger partial charge in [0.2, 0.25) is 0 Å². The van der Waals surface area contributed by atoms with Crippen molar-refractivity contribution in [2.24, 2.45) is 0 Å². The number of carbonyl (C=O) groups excluding carboxylic acids is 2. The number of nitrogens with one attached hydrogen (secondary N) is 1. The predicted molar refractivity (Wildman–Crippen MR) is 118 cm³/mol. The van der Waals surface area contributed by atoms with Crippen molar-refractivity contribution in [1.29, 1.82) is 0 Å². The molecular weight excluding hydrogens is 474 g/mol. The summed E-state index contributed by atoms with van der Waals surface area (Å²) in [6.07, 6.45) is 0. The Balaban J connectivity index is 2.10. The van der Waals surface area contributed by atoms with E-state index in [9.17, 15) is 14.4 Å². The summed E-state index contributed by atoms with van der Waals surface area (Å²) in [6, 6.07) is 13.0. The number of rotatable bonds is 5. The Kier molecular flexibility index (Phi) is 6.69. The van der Waals surface area contributed by atoms with E-state index in [2.05, 4.69) is 26.3 Å². The third-order valence-corrected chi connectivity index (χ3v) is 4.99. The Labute approximate surface area is 185 Å². The molecular formula is C21H17BrClN3O4. The molecule has 1 N–H and O–H groups in total. The highest BCUT2D eigenvalue weighted by Gasteiger charge is 2.22. The van der Waals surface area contributed by atoms with Crippen LogP contribution >= 0.6 is 27.5 Å². The zero-order valence-corrected chi connectivity index (χ0v) is 18.5. The summed E-state index contributed by atoms with van der Waals surface area (Å²) >= 11 is 9.39. The maximum Gasteiger partial charge on any atom is 0.360 e. The summed E-state index contributed by atoms with van der Waals surface area (Å²) < 4.78 is 6.81. The van der Waals surface area contributed by atoms with Gasteiger partial charge in [0.1, 0.15) is 0 Å². The van der Waals surface area contributed by atoms with Crippen molar-refractivity contribution in [1.82, 2.24) is 9.78 Å². The quantitative estimate of drug-likeness (QED) is 0.536. The second-order valence-corrected chi connectivity index (χ2v) is 7.56. The summed E-state index contributed by atoms with van der Waals surface area (Å²) in [5, 5.41) is 6.95. The van der Waals surface area contributed by atoms with Crippen LogP contribution < -0.4 is 10.9 Å². The number of hydrogen-bond acceptors (Lipinski definition) is 5. The van der Waals surface area contributed by atoms with Gasteiger partial charge in [0.05, 0.1) is 28.6 Å². The van der Waals surface area contributed by atoms with Crippen molar-refractivity contribution in [3.8, 4) is 5.69 Å². The minimum atomic E-state index is -0.768. The summed E-state index contributed by atoms with van der Waals surface area (Å²) in [5.74, 6) is -1.36. The van der Waals surface area contributed by atoms with Crippen LogP contribution in [0.1, 0.15) is 33.3 Å². The lowest BCUT2D eigenvalue weighted by molar-refractivity contribution is 0.0518. The van der Waals surface area contributed by atoms with Gasteiger partial charge in [0, 0.05) is 10.5 Å². The number of benzene rings is 2. The molecule has 7 nitrogen and oxygen atoms in total. The van der Waals surface area contributed by atoms with Crippen molar-refractivity contribution < 1.29 is 14.3 Å². The van der Waals surface area contributed by atoms with E-state index in [4.69, 9.17) is 16.3 Å². The van der Waals surface area contributed by atoms with E-state index in [1.165, 1.54) is 6.07 Å². The fraction of sp³-hybridized carbons (Fsp3) is 0.143. The first-order valence-corrected chi connectivity index (χ1v) is 10.1. The molecule has 9 heteroatoms. The highest BCUT2D eigenvalue weighted by molar-refractivity contribution is 9.10. The molecule has 154 valence electrons. The lowest BCUT2D eigenvalue weighted by Crippen LogP contribution is -2.27. The second kappa shape index (κ2) is 9.23. The summed E-state index contributed by atoms with van der Waals surface area (Å²) in [5.41, 5.74) is 0.695. The first-order valence-electron chi connectivity index (χ1n) is 8.95. The van der Waals surface area contributed by atoms with Gasteiger partial charge in [-0.2, -0.15) is 9.78 Å². The third kappa shape index (κ3) is 4.60. The Hall–Kier alpha value is -2.97. The monoisotopic (exact) mass is 489 g/mol. The average molecular weight is 491 g/mol. The van der Waals surface area contributed by atoms with Crippen LogP contribution in [-0.4, -0.2) is 28.3 Å². The normalized spacial score (nSPS) is 10.5. The van der Waals surface area contributed by atoms with Gasteiger partial charge in [0.15, 0.2) is 5.69 Å². The third-order valence-electron chi connectivity index (χ3n) is 4.17. The maximum absolute atomic E-state index is 12.7. The number of para-hydroxylation sites is 1. The summed E-state index contributed by atoms with van der Waals surface area (Å²) in [4.78, 5) is 38.0. The minimum absolute atomic E-state index is 0.0654. The van der Waals surface area contributed by atoms with Crippen molar-refractivity contribution in [2.45, 2.75) is 13.8 Å². The van der Waals surface area contributed by atoms with Crippen LogP contribution in [0.5, 0.6) is 0 Å². The number of aryl methyl sites for hydroxylation is 1. The molecule has 0 unspecified atom stereocenters. The van der Waals surface area contributed by atoms with E-state index >= 15 is 0 Å². The highest BCUT2D eigenvalue weighted by Crippen LogP contribution is 2.23. The Morgan fingerprint density at radius 1 is 1.20 bits per heavy atom. The molecule has 0 fully saturated rings. The number of hydrogen-bond donors (Lipinski definition) is 1. The largest absolute Gasteiger partial charge is 0.461 e. The van der Waals surface area contributed by atoms with Crippen LogP contribution in [0.2, 0.25) is 5.02 Å². The summed E-state index contributed by atoms with van der Waals surface area (Å²) in [7, 11) is 0. The molecule has 0 aliphatic rings. The lowest BCUT2D eigenvalue weighted by Gasteiger charge is -2.14. The number of esters is 1. The van der Waals surface area contributed by atoms with Crippen molar-refractivity contribution >= 4 is 45.1 Å². The van der Waals surface area contributed by atoms with Crippen LogP contribution in [0.25, 0.3) is 5.69 Å². The molecule has 0 radical (unpaired) electrons. The molecule has 0 saturated carbocycles. The smallest absolute Gasteiger partial charge is 0.360 e. The molecule has 1 aromatic heterocycles. The first-order chi connectivity index (χ1) is 14.3. The van der Waals surface area contributed by atoms with E-state index in [0.717, 1.165) is 16.3 Å². The standard InChI is InChI=1S/C21H17BrClN3O4/c1-3-30-21(29)19-16(24-20(28)14-10-13(22)8-9-15(14)23)11-18(27)26(25-19)17-7-5-4-6-12(17)2/h4-11H,3H2,1-2H3,(H,24,28). The van der Waals surface area contributed by atoms with Gasteiger partial charge in [-0.3, -0.25) is 9.59 Å². The molecule has 3 aromatic rings. The summed E-state index contributed by atoms with van der Waals surface area (Å²) in [6.45, 7) is 3.57. The van der Waals surface area contributed by atoms with Crippen molar-refractivity contribution in [3.05, 3.63) is 85.2 Å². The molecule has 0 saturated heterocycles. The number of aromatic nitrogens is 2. The number of ether oxygens (including phenoxy) is 1. The average Bonchev–Trinajstić information content (AvgIpc) is 2.70. The van der Waals surface area contributed by atoms with Crippen LogP contribution in [0, 0.1) is 6.92 Å². The van der Waals surface area contributed by atoms with Crippen LogP contribution in [0.4, 0.5) is 5.69 Å². The highest BCUT2D eigenvalue weighted by atomic mass is 79.9. The number of amides is 1. The number of halogens is 2. The van der Waals surface area contributed by atoms with Crippen LogP contribution in [0.15, 0.2) is 57.8 Å². The van der Waals surface area contributed by atoms with E-state index < -0.39 is 17.4 Å². The van der Waals surface area contributed by atoms with E-state index in [1.54, 1.807) is 31.2 Å². The van der Waals surface area contributed by atoms with Gasteiger partial charge < -0.3 is 10.1 Å². The Morgan fingerprint density at radius 3 is 2.63 bits per heavy atom.